The van der Waals surface area contributed by atoms with Crippen molar-refractivity contribution in [1.29, 1.82) is 0 Å². The minimum absolute atomic E-state index is 0.238. The van der Waals surface area contributed by atoms with Gasteiger partial charge in [0.25, 0.3) is 0 Å². The third kappa shape index (κ3) is 3.70. The molecule has 3 N–H and O–H groups in total. The molecule has 7 heteroatoms. The number of methoxy groups -OCH3 is 1. The predicted octanol–water partition coefficient (Wildman–Crippen LogP) is 0.535. The van der Waals surface area contributed by atoms with Crippen LogP contribution in [-0.2, 0) is 4.79 Å². The van der Waals surface area contributed by atoms with Crippen molar-refractivity contribution in [1.82, 2.24) is 9.97 Å². The summed E-state index contributed by atoms with van der Waals surface area (Å²) in [6.07, 6.45) is 1.81. The lowest BCUT2D eigenvalue weighted by Crippen LogP contribution is -2.16. The maximum atomic E-state index is 10.5. The quantitative estimate of drug-likeness (QED) is 0.818. The summed E-state index contributed by atoms with van der Waals surface area (Å²) >= 11 is 3.23. The van der Waals surface area contributed by atoms with Gasteiger partial charge in [0.2, 0.25) is 17.7 Å². The van der Waals surface area contributed by atoms with E-state index in [4.69, 9.17) is 10.5 Å². The molecule has 0 atom stereocenters. The highest BCUT2D eigenvalue weighted by Gasteiger charge is 2.04. The molecule has 0 aromatic carbocycles. The summed E-state index contributed by atoms with van der Waals surface area (Å²) in [6, 6.07) is 0. The number of nitrogens with two attached hydrogens (primary N) is 1. The van der Waals surface area contributed by atoms with Gasteiger partial charge in [-0.3, -0.25) is 4.79 Å². The Morgan fingerprint density at radius 1 is 1.73 bits per heavy atom. The highest BCUT2D eigenvalue weighted by molar-refractivity contribution is 9.10. The molecular formula is C8H11BrN4O2. The van der Waals surface area contributed by atoms with E-state index in [-0.39, 0.29) is 12.3 Å². The monoisotopic (exact) mass is 274 g/mol. The molecule has 1 rings (SSSR count). The Kier molecular flexibility index (Phi) is 4.29. The molecule has 0 unspecified atom stereocenters. The number of halogens is 1. The number of amides is 1. The lowest BCUT2D eigenvalue weighted by atomic mass is 10.4. The minimum Gasteiger partial charge on any atom is -0.480 e. The molecule has 1 aromatic rings. The van der Waals surface area contributed by atoms with Crippen LogP contribution >= 0.6 is 15.9 Å². The zero-order chi connectivity index (χ0) is 11.3. The summed E-state index contributed by atoms with van der Waals surface area (Å²) in [5.74, 6) is 0.467. The van der Waals surface area contributed by atoms with E-state index in [2.05, 4.69) is 31.2 Å². The summed E-state index contributed by atoms with van der Waals surface area (Å²) in [4.78, 5) is 18.5. The normalized spacial score (nSPS) is 9.73. The highest BCUT2D eigenvalue weighted by atomic mass is 79.9. The molecule has 0 aliphatic rings. The SMILES string of the molecule is COc1nc(NCCC(N)=O)ncc1Br. The van der Waals surface area contributed by atoms with Crippen LogP contribution in [0.1, 0.15) is 6.42 Å². The smallest absolute Gasteiger partial charge is 0.232 e. The van der Waals surface area contributed by atoms with E-state index < -0.39 is 0 Å². The molecule has 0 radical (unpaired) electrons. The number of primary amides is 1. The van der Waals surface area contributed by atoms with Crippen molar-refractivity contribution in [3.63, 3.8) is 0 Å². The van der Waals surface area contributed by atoms with Crippen molar-refractivity contribution in [2.75, 3.05) is 19.0 Å². The molecule has 82 valence electrons. The first kappa shape index (κ1) is 11.7. The summed E-state index contributed by atoms with van der Waals surface area (Å²) in [5.41, 5.74) is 4.98. The molecule has 1 aromatic heterocycles. The number of ether oxygens (including phenoxy) is 1. The Hall–Kier alpha value is -1.37. The molecule has 15 heavy (non-hydrogen) atoms. The first-order valence-corrected chi connectivity index (χ1v) is 5.01. The number of rotatable bonds is 5. The highest BCUT2D eigenvalue weighted by Crippen LogP contribution is 2.21. The van der Waals surface area contributed by atoms with E-state index in [1.165, 1.54) is 7.11 Å². The fourth-order valence-corrected chi connectivity index (χ4v) is 1.23. The van der Waals surface area contributed by atoms with Gasteiger partial charge in [0.05, 0.1) is 17.8 Å². The molecule has 0 fully saturated rings. The van der Waals surface area contributed by atoms with Crippen LogP contribution < -0.4 is 15.8 Å². The van der Waals surface area contributed by atoms with E-state index >= 15 is 0 Å². The molecule has 0 bridgehead atoms. The van der Waals surface area contributed by atoms with Crippen LogP contribution in [0.15, 0.2) is 10.7 Å². The molecule has 1 heterocycles. The molecule has 0 saturated heterocycles. The van der Waals surface area contributed by atoms with Crippen LogP contribution in [0, 0.1) is 0 Å². The third-order valence-electron chi connectivity index (χ3n) is 1.56. The van der Waals surface area contributed by atoms with Crippen LogP contribution in [0.25, 0.3) is 0 Å². The van der Waals surface area contributed by atoms with Gasteiger partial charge >= 0.3 is 0 Å². The van der Waals surface area contributed by atoms with E-state index in [1.807, 2.05) is 0 Å². The van der Waals surface area contributed by atoms with Gasteiger partial charge < -0.3 is 15.8 Å². The topological polar surface area (TPSA) is 90.1 Å². The Labute approximate surface area is 95.4 Å². The van der Waals surface area contributed by atoms with Crippen molar-refractivity contribution in [3.8, 4) is 5.88 Å². The van der Waals surface area contributed by atoms with Crippen LogP contribution in [0.3, 0.4) is 0 Å². The molecule has 1 amide bonds. The van der Waals surface area contributed by atoms with Crippen molar-refractivity contribution in [2.24, 2.45) is 5.73 Å². The number of carbonyl (C=O) groups is 1. The lowest BCUT2D eigenvalue weighted by molar-refractivity contribution is -0.117. The number of hydrogen-bond donors (Lipinski definition) is 2. The first-order chi connectivity index (χ1) is 7.13. The van der Waals surface area contributed by atoms with Gasteiger partial charge in [-0.25, -0.2) is 4.98 Å². The third-order valence-corrected chi connectivity index (χ3v) is 2.10. The van der Waals surface area contributed by atoms with Crippen LogP contribution in [0.4, 0.5) is 5.95 Å². The molecule has 0 spiro atoms. The summed E-state index contributed by atoms with van der Waals surface area (Å²) in [6.45, 7) is 0.403. The number of aromatic nitrogens is 2. The van der Waals surface area contributed by atoms with E-state index in [0.29, 0.717) is 22.8 Å². The standard InChI is InChI=1S/C8H11BrN4O2/c1-15-7-5(9)4-12-8(13-7)11-3-2-6(10)14/h4H,2-3H2,1H3,(H2,10,14)(H,11,12,13). The average Bonchev–Trinajstić information content (AvgIpc) is 2.20. The van der Waals surface area contributed by atoms with E-state index in [9.17, 15) is 4.79 Å². The van der Waals surface area contributed by atoms with Gasteiger partial charge in [-0.05, 0) is 15.9 Å². The summed E-state index contributed by atoms with van der Waals surface area (Å²) in [7, 11) is 1.51. The number of nitrogens with zero attached hydrogens (tertiary/aromatic N) is 2. The number of carbonyl (C=O) groups excluding carboxylic acids is 1. The average molecular weight is 275 g/mol. The second-order valence-corrected chi connectivity index (χ2v) is 3.55. The summed E-state index contributed by atoms with van der Waals surface area (Å²) < 4.78 is 5.66. The second kappa shape index (κ2) is 5.50. The Balaban J connectivity index is 2.58. The first-order valence-electron chi connectivity index (χ1n) is 4.22. The number of anilines is 1. The van der Waals surface area contributed by atoms with Crippen LogP contribution in [0.2, 0.25) is 0 Å². The largest absolute Gasteiger partial charge is 0.480 e. The van der Waals surface area contributed by atoms with E-state index in [0.717, 1.165) is 0 Å². The number of hydrogen-bond acceptors (Lipinski definition) is 5. The van der Waals surface area contributed by atoms with Crippen molar-refractivity contribution >= 4 is 27.8 Å². The zero-order valence-corrected chi connectivity index (χ0v) is 9.74. The predicted molar refractivity (Wildman–Crippen MR) is 58.6 cm³/mol. The van der Waals surface area contributed by atoms with Gasteiger partial charge in [-0.15, -0.1) is 0 Å². The molecular weight excluding hydrogens is 264 g/mol. The Bertz CT molecular complexity index is 358. The van der Waals surface area contributed by atoms with Crippen LogP contribution in [0.5, 0.6) is 5.88 Å². The fourth-order valence-electron chi connectivity index (χ4n) is 0.877. The van der Waals surface area contributed by atoms with Gasteiger partial charge in [0, 0.05) is 13.0 Å². The van der Waals surface area contributed by atoms with Crippen LogP contribution in [-0.4, -0.2) is 29.5 Å². The van der Waals surface area contributed by atoms with Gasteiger partial charge in [0.15, 0.2) is 0 Å². The molecule has 0 aliphatic heterocycles. The lowest BCUT2D eigenvalue weighted by Gasteiger charge is -2.05. The maximum Gasteiger partial charge on any atom is 0.232 e. The molecule has 6 nitrogen and oxygen atoms in total. The van der Waals surface area contributed by atoms with Crippen molar-refractivity contribution in [2.45, 2.75) is 6.42 Å². The molecule has 0 saturated carbocycles. The second-order valence-electron chi connectivity index (χ2n) is 2.69. The fraction of sp³-hybridized carbons (Fsp3) is 0.375. The minimum atomic E-state index is -0.369. The number of nitrogens with one attached hydrogen (secondary N) is 1. The van der Waals surface area contributed by atoms with Crippen molar-refractivity contribution in [3.05, 3.63) is 10.7 Å². The zero-order valence-electron chi connectivity index (χ0n) is 8.16. The van der Waals surface area contributed by atoms with Gasteiger partial charge in [0.1, 0.15) is 0 Å². The van der Waals surface area contributed by atoms with E-state index in [1.54, 1.807) is 6.20 Å². The van der Waals surface area contributed by atoms with Gasteiger partial charge in [-0.2, -0.15) is 4.98 Å². The Morgan fingerprint density at radius 2 is 2.47 bits per heavy atom. The Morgan fingerprint density at radius 3 is 3.07 bits per heavy atom. The van der Waals surface area contributed by atoms with Crippen molar-refractivity contribution < 1.29 is 9.53 Å². The van der Waals surface area contributed by atoms with Gasteiger partial charge in [-0.1, -0.05) is 0 Å². The summed E-state index contributed by atoms with van der Waals surface area (Å²) in [5, 5.41) is 2.85. The maximum absolute atomic E-state index is 10.5. The molecule has 0 aliphatic carbocycles.